The number of hydrogen-bond donors (Lipinski definition) is 1. The van der Waals surface area contributed by atoms with Gasteiger partial charge in [-0.3, -0.25) is 0 Å². The van der Waals surface area contributed by atoms with Crippen molar-refractivity contribution in [2.24, 2.45) is 5.41 Å². The van der Waals surface area contributed by atoms with E-state index in [1.165, 1.54) is 25.7 Å². The second-order valence-corrected chi connectivity index (χ2v) is 5.46. The molecule has 1 unspecified atom stereocenters. The molecule has 0 bridgehead atoms. The third kappa shape index (κ3) is 5.53. The quantitative estimate of drug-likeness (QED) is 0.685. The highest BCUT2D eigenvalue weighted by Gasteiger charge is 2.27. The summed E-state index contributed by atoms with van der Waals surface area (Å²) in [4.78, 5) is 0. The van der Waals surface area contributed by atoms with E-state index in [0.717, 1.165) is 32.2 Å². The highest BCUT2D eigenvalue weighted by atomic mass is 16.5. The fourth-order valence-corrected chi connectivity index (χ4v) is 2.50. The van der Waals surface area contributed by atoms with E-state index in [-0.39, 0.29) is 0 Å². The van der Waals surface area contributed by atoms with Crippen molar-refractivity contribution in [3.8, 4) is 0 Å². The molecule has 0 aromatic rings. The SMILES string of the molecule is CCOCCCNC1CCCC(C)(C)C1. The van der Waals surface area contributed by atoms with Crippen molar-refractivity contribution >= 4 is 0 Å². The molecule has 0 saturated heterocycles. The molecule has 0 aliphatic heterocycles. The van der Waals surface area contributed by atoms with Gasteiger partial charge in [0.25, 0.3) is 0 Å². The molecule has 1 aliphatic carbocycles. The van der Waals surface area contributed by atoms with E-state index in [0.29, 0.717) is 5.41 Å². The van der Waals surface area contributed by atoms with Crippen molar-refractivity contribution in [1.29, 1.82) is 0 Å². The van der Waals surface area contributed by atoms with E-state index in [9.17, 15) is 0 Å². The summed E-state index contributed by atoms with van der Waals surface area (Å²) in [7, 11) is 0. The molecule has 1 N–H and O–H groups in total. The fourth-order valence-electron chi connectivity index (χ4n) is 2.50. The molecule has 1 atom stereocenters. The highest BCUT2D eigenvalue weighted by Crippen LogP contribution is 2.34. The van der Waals surface area contributed by atoms with Crippen LogP contribution in [0.15, 0.2) is 0 Å². The van der Waals surface area contributed by atoms with Crippen LogP contribution in [0.2, 0.25) is 0 Å². The monoisotopic (exact) mass is 213 g/mol. The molecule has 0 radical (unpaired) electrons. The van der Waals surface area contributed by atoms with Gasteiger partial charge in [0.15, 0.2) is 0 Å². The molecule has 1 saturated carbocycles. The number of ether oxygens (including phenoxy) is 1. The van der Waals surface area contributed by atoms with Gasteiger partial charge in [0.05, 0.1) is 0 Å². The van der Waals surface area contributed by atoms with Gasteiger partial charge in [-0.25, -0.2) is 0 Å². The smallest absolute Gasteiger partial charge is 0.0477 e. The Balaban J connectivity index is 2.05. The Morgan fingerprint density at radius 2 is 2.20 bits per heavy atom. The molecule has 1 fully saturated rings. The lowest BCUT2D eigenvalue weighted by Gasteiger charge is -2.35. The van der Waals surface area contributed by atoms with Gasteiger partial charge in [0.1, 0.15) is 0 Å². The van der Waals surface area contributed by atoms with Gasteiger partial charge in [-0.15, -0.1) is 0 Å². The molecule has 1 aliphatic rings. The zero-order chi connectivity index (χ0) is 11.1. The zero-order valence-corrected chi connectivity index (χ0v) is 10.6. The van der Waals surface area contributed by atoms with Gasteiger partial charge in [-0.1, -0.05) is 20.3 Å². The van der Waals surface area contributed by atoms with E-state index in [1.807, 2.05) is 0 Å². The van der Waals surface area contributed by atoms with Crippen molar-refractivity contribution in [1.82, 2.24) is 5.32 Å². The van der Waals surface area contributed by atoms with Crippen molar-refractivity contribution < 1.29 is 4.74 Å². The average Bonchev–Trinajstić information content (AvgIpc) is 2.16. The van der Waals surface area contributed by atoms with Gasteiger partial charge in [-0.2, -0.15) is 0 Å². The second kappa shape index (κ2) is 6.49. The Labute approximate surface area is 94.8 Å². The lowest BCUT2D eigenvalue weighted by atomic mass is 9.75. The van der Waals surface area contributed by atoms with Crippen LogP contribution in [0.25, 0.3) is 0 Å². The van der Waals surface area contributed by atoms with Gasteiger partial charge in [0.2, 0.25) is 0 Å². The first-order valence-electron chi connectivity index (χ1n) is 6.45. The molecule has 0 aromatic heterocycles. The molecular formula is C13H27NO. The lowest BCUT2D eigenvalue weighted by Crippen LogP contribution is -2.37. The van der Waals surface area contributed by atoms with E-state index in [4.69, 9.17) is 4.74 Å². The van der Waals surface area contributed by atoms with Gasteiger partial charge in [-0.05, 0) is 44.6 Å². The Kier molecular flexibility index (Phi) is 5.62. The summed E-state index contributed by atoms with van der Waals surface area (Å²) in [6, 6.07) is 0.746. The van der Waals surface area contributed by atoms with E-state index in [2.05, 4.69) is 26.1 Å². The molecule has 15 heavy (non-hydrogen) atoms. The first kappa shape index (κ1) is 13.0. The largest absolute Gasteiger partial charge is 0.382 e. The Morgan fingerprint density at radius 1 is 1.40 bits per heavy atom. The number of nitrogens with one attached hydrogen (secondary N) is 1. The molecule has 0 aromatic carbocycles. The molecule has 90 valence electrons. The number of rotatable bonds is 6. The molecule has 2 heteroatoms. The van der Waals surface area contributed by atoms with Gasteiger partial charge < -0.3 is 10.1 Å². The molecular weight excluding hydrogens is 186 g/mol. The Hall–Kier alpha value is -0.0800. The minimum atomic E-state index is 0.551. The van der Waals surface area contributed by atoms with Crippen molar-refractivity contribution in [2.45, 2.75) is 58.9 Å². The molecule has 2 nitrogen and oxygen atoms in total. The summed E-state index contributed by atoms with van der Waals surface area (Å²) in [5.41, 5.74) is 0.551. The predicted molar refractivity (Wildman–Crippen MR) is 65.1 cm³/mol. The van der Waals surface area contributed by atoms with Crippen LogP contribution in [0, 0.1) is 5.41 Å². The second-order valence-electron chi connectivity index (χ2n) is 5.46. The summed E-state index contributed by atoms with van der Waals surface area (Å²) >= 11 is 0. The molecule has 0 amide bonds. The van der Waals surface area contributed by atoms with Gasteiger partial charge >= 0.3 is 0 Å². The summed E-state index contributed by atoms with van der Waals surface area (Å²) < 4.78 is 5.32. The molecule has 0 heterocycles. The van der Waals surface area contributed by atoms with Crippen LogP contribution in [0.4, 0.5) is 0 Å². The molecule has 1 rings (SSSR count). The van der Waals surface area contributed by atoms with Crippen LogP contribution < -0.4 is 5.32 Å². The highest BCUT2D eigenvalue weighted by molar-refractivity contribution is 4.83. The topological polar surface area (TPSA) is 21.3 Å². The fraction of sp³-hybridized carbons (Fsp3) is 1.00. The lowest BCUT2D eigenvalue weighted by molar-refractivity contribution is 0.140. The Bertz CT molecular complexity index is 168. The van der Waals surface area contributed by atoms with Crippen LogP contribution in [0.1, 0.15) is 52.9 Å². The molecule has 0 spiro atoms. The minimum Gasteiger partial charge on any atom is -0.382 e. The van der Waals surface area contributed by atoms with Crippen LogP contribution >= 0.6 is 0 Å². The zero-order valence-electron chi connectivity index (χ0n) is 10.6. The summed E-state index contributed by atoms with van der Waals surface area (Å²) in [6.07, 6.45) is 6.62. The first-order chi connectivity index (χ1) is 7.14. The normalized spacial score (nSPS) is 25.4. The van der Waals surface area contributed by atoms with Crippen molar-refractivity contribution in [3.63, 3.8) is 0 Å². The maximum atomic E-state index is 5.32. The Morgan fingerprint density at radius 3 is 2.87 bits per heavy atom. The number of hydrogen-bond acceptors (Lipinski definition) is 2. The standard InChI is InChI=1S/C13H27NO/c1-4-15-10-6-9-14-12-7-5-8-13(2,3)11-12/h12,14H,4-11H2,1-3H3. The summed E-state index contributed by atoms with van der Waals surface area (Å²) in [5.74, 6) is 0. The van der Waals surface area contributed by atoms with E-state index < -0.39 is 0 Å². The maximum Gasteiger partial charge on any atom is 0.0477 e. The maximum absolute atomic E-state index is 5.32. The van der Waals surface area contributed by atoms with Crippen LogP contribution in [-0.2, 0) is 4.74 Å². The van der Waals surface area contributed by atoms with Crippen molar-refractivity contribution in [3.05, 3.63) is 0 Å². The third-order valence-electron chi connectivity index (χ3n) is 3.31. The predicted octanol–water partition coefficient (Wildman–Crippen LogP) is 2.97. The van der Waals surface area contributed by atoms with Crippen LogP contribution in [0.3, 0.4) is 0 Å². The first-order valence-corrected chi connectivity index (χ1v) is 6.45. The van der Waals surface area contributed by atoms with E-state index in [1.54, 1.807) is 0 Å². The van der Waals surface area contributed by atoms with Crippen LogP contribution in [-0.4, -0.2) is 25.8 Å². The van der Waals surface area contributed by atoms with E-state index >= 15 is 0 Å². The third-order valence-corrected chi connectivity index (χ3v) is 3.31. The summed E-state index contributed by atoms with van der Waals surface area (Å²) in [5, 5.41) is 3.66. The van der Waals surface area contributed by atoms with Crippen molar-refractivity contribution in [2.75, 3.05) is 19.8 Å². The average molecular weight is 213 g/mol. The van der Waals surface area contributed by atoms with Gasteiger partial charge in [0, 0.05) is 19.3 Å². The van der Waals surface area contributed by atoms with Crippen LogP contribution in [0.5, 0.6) is 0 Å². The minimum absolute atomic E-state index is 0.551. The summed E-state index contributed by atoms with van der Waals surface area (Å²) in [6.45, 7) is 9.69.